The number of carbonyl (C=O) groups is 1. The molecule has 0 saturated heterocycles. The quantitative estimate of drug-likeness (QED) is 0.526. The number of phenols is 1. The summed E-state index contributed by atoms with van der Waals surface area (Å²) in [5.74, 6) is -0.608. The lowest BCUT2D eigenvalue weighted by Crippen LogP contribution is -1.98. The minimum atomic E-state index is -0.999. The normalized spacial score (nSPS) is 10.7. The molecule has 0 fully saturated rings. The number of hydrogen-bond acceptors (Lipinski definition) is 5. The van der Waals surface area contributed by atoms with Gasteiger partial charge in [-0.2, -0.15) is 5.10 Å². The molecule has 0 saturated carbocycles. The van der Waals surface area contributed by atoms with E-state index >= 15 is 0 Å². The Morgan fingerprint density at radius 2 is 2.17 bits per heavy atom. The van der Waals surface area contributed by atoms with Crippen LogP contribution in [0.2, 0.25) is 0 Å². The van der Waals surface area contributed by atoms with Crippen molar-refractivity contribution in [2.45, 2.75) is 6.92 Å². The first-order valence-corrected chi connectivity index (χ1v) is 7.58. The summed E-state index contributed by atoms with van der Waals surface area (Å²) in [4.78, 5) is 10.9. The van der Waals surface area contributed by atoms with Gasteiger partial charge in [-0.25, -0.2) is 4.79 Å². The van der Waals surface area contributed by atoms with E-state index in [0.29, 0.717) is 28.1 Å². The smallest absolute Gasteiger partial charge is 0.335 e. The Kier molecular flexibility index (Phi) is 5.59. The van der Waals surface area contributed by atoms with E-state index in [1.807, 2.05) is 6.92 Å². The Morgan fingerprint density at radius 3 is 2.87 bits per heavy atom. The fraction of sp³-hybridized carbons (Fsp3) is 0.125. The zero-order chi connectivity index (χ0) is 16.8. The van der Waals surface area contributed by atoms with Gasteiger partial charge in [0.25, 0.3) is 0 Å². The van der Waals surface area contributed by atoms with Gasteiger partial charge < -0.3 is 14.9 Å². The van der Waals surface area contributed by atoms with Crippen LogP contribution in [-0.2, 0) is 0 Å². The summed E-state index contributed by atoms with van der Waals surface area (Å²) in [6.45, 7) is 2.26. The monoisotopic (exact) mass is 378 g/mol. The van der Waals surface area contributed by atoms with E-state index in [4.69, 9.17) is 9.84 Å². The molecule has 23 heavy (non-hydrogen) atoms. The lowest BCUT2D eigenvalue weighted by molar-refractivity contribution is 0.0697. The summed E-state index contributed by atoms with van der Waals surface area (Å²) >= 11 is 3.25. The van der Waals surface area contributed by atoms with Gasteiger partial charge in [0.2, 0.25) is 0 Å². The average molecular weight is 379 g/mol. The summed E-state index contributed by atoms with van der Waals surface area (Å²) in [5, 5.41) is 22.9. The van der Waals surface area contributed by atoms with E-state index in [1.165, 1.54) is 12.1 Å². The molecule has 2 aromatic rings. The summed E-state index contributed by atoms with van der Waals surface area (Å²) in [6, 6.07) is 9.67. The van der Waals surface area contributed by atoms with Crippen LogP contribution in [0.1, 0.15) is 22.8 Å². The van der Waals surface area contributed by atoms with E-state index in [0.717, 1.165) is 0 Å². The summed E-state index contributed by atoms with van der Waals surface area (Å²) in [6.07, 6.45) is 1.54. The number of halogens is 1. The van der Waals surface area contributed by atoms with Gasteiger partial charge in [0.15, 0.2) is 11.5 Å². The Balaban J connectivity index is 2.14. The molecule has 2 aromatic carbocycles. The molecule has 0 amide bonds. The van der Waals surface area contributed by atoms with Crippen molar-refractivity contribution >= 4 is 33.8 Å². The molecule has 0 aliphatic carbocycles. The molecule has 0 aliphatic rings. The maximum Gasteiger partial charge on any atom is 0.335 e. The molecule has 120 valence electrons. The Labute approximate surface area is 141 Å². The Morgan fingerprint density at radius 1 is 1.39 bits per heavy atom. The highest BCUT2D eigenvalue weighted by atomic mass is 79.9. The molecule has 0 aliphatic heterocycles. The van der Waals surface area contributed by atoms with Crippen LogP contribution in [0.15, 0.2) is 46.0 Å². The van der Waals surface area contributed by atoms with E-state index in [2.05, 4.69) is 26.5 Å². The zero-order valence-corrected chi connectivity index (χ0v) is 13.9. The number of nitrogens with zero attached hydrogens (tertiary/aromatic N) is 1. The van der Waals surface area contributed by atoms with Gasteiger partial charge >= 0.3 is 5.97 Å². The van der Waals surface area contributed by atoms with Crippen molar-refractivity contribution < 1.29 is 19.7 Å². The molecule has 7 heteroatoms. The van der Waals surface area contributed by atoms with Crippen molar-refractivity contribution in [1.82, 2.24) is 0 Å². The zero-order valence-electron chi connectivity index (χ0n) is 12.3. The summed E-state index contributed by atoms with van der Waals surface area (Å²) in [7, 11) is 0. The van der Waals surface area contributed by atoms with Crippen molar-refractivity contribution in [2.24, 2.45) is 5.10 Å². The highest BCUT2D eigenvalue weighted by molar-refractivity contribution is 9.10. The number of nitrogens with one attached hydrogen (secondary N) is 1. The number of carboxylic acids is 1. The molecular formula is C16H15BrN2O4. The molecule has 0 bridgehead atoms. The largest absolute Gasteiger partial charge is 0.503 e. The van der Waals surface area contributed by atoms with Crippen LogP contribution in [0.3, 0.4) is 0 Å². The van der Waals surface area contributed by atoms with Crippen LogP contribution < -0.4 is 10.2 Å². The fourth-order valence-corrected chi connectivity index (χ4v) is 2.30. The van der Waals surface area contributed by atoms with Gasteiger partial charge in [-0.15, -0.1) is 0 Å². The third kappa shape index (κ3) is 4.46. The van der Waals surface area contributed by atoms with E-state index in [1.54, 1.807) is 30.5 Å². The van der Waals surface area contributed by atoms with Gasteiger partial charge in [0, 0.05) is 0 Å². The van der Waals surface area contributed by atoms with Crippen molar-refractivity contribution in [3.05, 3.63) is 52.0 Å². The molecule has 3 N–H and O–H groups in total. The molecule has 0 aromatic heterocycles. The molecule has 0 heterocycles. The van der Waals surface area contributed by atoms with E-state index in [9.17, 15) is 9.90 Å². The summed E-state index contributed by atoms with van der Waals surface area (Å²) in [5.41, 5.74) is 4.21. The number of aromatic carboxylic acids is 1. The standard InChI is InChI=1S/C16H15BrN2O4/c1-2-23-14-7-10(6-13(17)15(14)20)9-18-19-12-5-3-4-11(8-12)16(21)22/h3-9,19-20H,2H2,1H3,(H,21,22). The second-order valence-electron chi connectivity index (χ2n) is 4.54. The van der Waals surface area contributed by atoms with Crippen LogP contribution in [0, 0.1) is 0 Å². The third-order valence-electron chi connectivity index (χ3n) is 2.87. The lowest BCUT2D eigenvalue weighted by atomic mass is 10.2. The second kappa shape index (κ2) is 7.64. The van der Waals surface area contributed by atoms with Gasteiger partial charge in [0.05, 0.1) is 28.5 Å². The Hall–Kier alpha value is -2.54. The third-order valence-corrected chi connectivity index (χ3v) is 3.47. The minimum Gasteiger partial charge on any atom is -0.503 e. The van der Waals surface area contributed by atoms with Gasteiger partial charge in [-0.1, -0.05) is 6.07 Å². The van der Waals surface area contributed by atoms with E-state index in [-0.39, 0.29) is 11.3 Å². The predicted molar refractivity (Wildman–Crippen MR) is 91.6 cm³/mol. The highest BCUT2D eigenvalue weighted by Crippen LogP contribution is 2.35. The number of rotatable bonds is 6. The van der Waals surface area contributed by atoms with Crippen LogP contribution >= 0.6 is 15.9 Å². The number of ether oxygens (including phenoxy) is 1. The maximum atomic E-state index is 10.9. The topological polar surface area (TPSA) is 91.2 Å². The van der Waals surface area contributed by atoms with Gasteiger partial charge in [0.1, 0.15) is 0 Å². The number of aromatic hydroxyl groups is 1. The van der Waals surface area contributed by atoms with Crippen LogP contribution in [-0.4, -0.2) is 29.0 Å². The molecule has 0 unspecified atom stereocenters. The molecule has 0 spiro atoms. The predicted octanol–water partition coefficient (Wildman–Crippen LogP) is 3.70. The second-order valence-corrected chi connectivity index (χ2v) is 5.39. The molecule has 0 radical (unpaired) electrons. The summed E-state index contributed by atoms with van der Waals surface area (Å²) < 4.78 is 5.84. The minimum absolute atomic E-state index is 0.0334. The van der Waals surface area contributed by atoms with E-state index < -0.39 is 5.97 Å². The number of hydrogen-bond donors (Lipinski definition) is 3. The molecule has 0 atom stereocenters. The first kappa shape index (κ1) is 16.8. The van der Waals surface area contributed by atoms with Crippen LogP contribution in [0.25, 0.3) is 0 Å². The molecule has 6 nitrogen and oxygen atoms in total. The number of benzene rings is 2. The van der Waals surface area contributed by atoms with Crippen molar-refractivity contribution in [2.75, 3.05) is 12.0 Å². The number of anilines is 1. The fourth-order valence-electron chi connectivity index (χ4n) is 1.84. The van der Waals surface area contributed by atoms with Gasteiger partial charge in [-0.05, 0) is 58.7 Å². The maximum absolute atomic E-state index is 10.9. The lowest BCUT2D eigenvalue weighted by Gasteiger charge is -2.08. The van der Waals surface area contributed by atoms with Crippen LogP contribution in [0.5, 0.6) is 11.5 Å². The average Bonchev–Trinajstić information content (AvgIpc) is 2.52. The van der Waals surface area contributed by atoms with Crippen molar-refractivity contribution in [3.63, 3.8) is 0 Å². The van der Waals surface area contributed by atoms with Crippen LogP contribution in [0.4, 0.5) is 5.69 Å². The van der Waals surface area contributed by atoms with Crippen molar-refractivity contribution in [1.29, 1.82) is 0 Å². The van der Waals surface area contributed by atoms with Gasteiger partial charge in [-0.3, -0.25) is 5.43 Å². The SMILES string of the molecule is CCOc1cc(C=NNc2cccc(C(=O)O)c2)cc(Br)c1O. The Bertz CT molecular complexity index is 747. The molecule has 2 rings (SSSR count). The first-order valence-electron chi connectivity index (χ1n) is 6.79. The molecular weight excluding hydrogens is 364 g/mol. The first-order chi connectivity index (χ1) is 11.0. The number of phenolic OH excluding ortho intramolecular Hbond substituents is 1. The number of hydrazone groups is 1. The van der Waals surface area contributed by atoms with Crippen molar-refractivity contribution in [3.8, 4) is 11.5 Å². The number of carboxylic acid groups (broad SMARTS) is 1. The highest BCUT2D eigenvalue weighted by Gasteiger charge is 2.08.